The summed E-state index contributed by atoms with van der Waals surface area (Å²) in [5.41, 5.74) is -0.298. The van der Waals surface area contributed by atoms with Crippen molar-refractivity contribution in [1.29, 1.82) is 0 Å². The van der Waals surface area contributed by atoms with Crippen molar-refractivity contribution in [2.45, 2.75) is 24.7 Å². The third-order valence-corrected chi connectivity index (χ3v) is 3.46. The number of thioether (sulfide) groups is 1. The minimum atomic E-state index is -0.383. The van der Waals surface area contributed by atoms with Crippen LogP contribution < -0.4 is 11.0 Å². The molecule has 1 aromatic heterocycles. The van der Waals surface area contributed by atoms with Gasteiger partial charge in [0, 0.05) is 13.1 Å². The smallest absolute Gasteiger partial charge is 0.350 e. The van der Waals surface area contributed by atoms with E-state index in [1.807, 2.05) is 6.92 Å². The highest BCUT2D eigenvalue weighted by molar-refractivity contribution is 8.00. The molecule has 1 aliphatic heterocycles. The van der Waals surface area contributed by atoms with E-state index in [9.17, 15) is 9.59 Å². The summed E-state index contributed by atoms with van der Waals surface area (Å²) in [6, 6.07) is 1.60. The molecule has 2 rings (SSSR count). The average molecular weight is 255 g/mol. The Bertz CT molecular complexity index is 488. The number of ether oxygens (including phenoxy) is 1. The van der Waals surface area contributed by atoms with E-state index in [1.54, 1.807) is 24.0 Å². The molecule has 17 heavy (non-hydrogen) atoms. The van der Waals surface area contributed by atoms with Crippen LogP contribution in [-0.4, -0.2) is 27.5 Å². The second-order valence-electron chi connectivity index (χ2n) is 3.68. The number of amides is 1. The first-order chi connectivity index (χ1) is 8.06. The number of aromatic nitrogens is 2. The van der Waals surface area contributed by atoms with E-state index in [4.69, 9.17) is 4.74 Å². The van der Waals surface area contributed by atoms with Gasteiger partial charge in [-0.15, -0.1) is 11.8 Å². The zero-order chi connectivity index (χ0) is 12.4. The van der Waals surface area contributed by atoms with E-state index in [0.717, 1.165) is 0 Å². The van der Waals surface area contributed by atoms with E-state index in [2.05, 4.69) is 10.3 Å². The number of carbonyl (C=O) groups excluding carboxylic acids is 1. The summed E-state index contributed by atoms with van der Waals surface area (Å²) >= 11 is 1.57. The Morgan fingerprint density at radius 1 is 1.71 bits per heavy atom. The van der Waals surface area contributed by atoms with Gasteiger partial charge in [0.2, 0.25) is 5.91 Å². The molecule has 1 aliphatic rings. The Kier molecular flexibility index (Phi) is 3.49. The fourth-order valence-corrected chi connectivity index (χ4v) is 2.59. The van der Waals surface area contributed by atoms with E-state index in [0.29, 0.717) is 6.61 Å². The van der Waals surface area contributed by atoms with Crippen molar-refractivity contribution in [2.75, 3.05) is 11.9 Å². The van der Waals surface area contributed by atoms with Crippen molar-refractivity contribution in [3.63, 3.8) is 0 Å². The number of nitrogens with zero attached hydrogens (tertiary/aromatic N) is 2. The maximum absolute atomic E-state index is 11.7. The fourth-order valence-electron chi connectivity index (χ4n) is 1.55. The Morgan fingerprint density at radius 3 is 3.00 bits per heavy atom. The van der Waals surface area contributed by atoms with E-state index >= 15 is 0 Å². The maximum atomic E-state index is 11.7. The molecule has 0 aliphatic carbocycles. The van der Waals surface area contributed by atoms with Crippen molar-refractivity contribution in [1.82, 2.24) is 9.55 Å². The highest BCUT2D eigenvalue weighted by Crippen LogP contribution is 2.33. The number of carbonyl (C=O) groups is 1. The van der Waals surface area contributed by atoms with Gasteiger partial charge in [0.1, 0.15) is 16.6 Å². The largest absolute Gasteiger partial charge is 0.365 e. The fraction of sp³-hybridized carbons (Fsp3) is 0.500. The zero-order valence-corrected chi connectivity index (χ0v) is 10.4. The first-order valence-electron chi connectivity index (χ1n) is 5.20. The van der Waals surface area contributed by atoms with Gasteiger partial charge in [0.15, 0.2) is 0 Å². The molecule has 1 saturated heterocycles. The van der Waals surface area contributed by atoms with Crippen molar-refractivity contribution in [3.05, 3.63) is 22.7 Å². The lowest BCUT2D eigenvalue weighted by atomic mass is 10.5. The molecule has 2 unspecified atom stereocenters. The molecule has 1 N–H and O–H groups in total. The summed E-state index contributed by atoms with van der Waals surface area (Å²) < 4.78 is 6.89. The third-order valence-electron chi connectivity index (χ3n) is 2.27. The molecule has 92 valence electrons. The SMILES string of the molecule is CC(=O)Nc1ccn(C2COC(C)S2)c(=O)n1. The summed E-state index contributed by atoms with van der Waals surface area (Å²) in [7, 11) is 0. The average Bonchev–Trinajstić information content (AvgIpc) is 2.64. The minimum Gasteiger partial charge on any atom is -0.365 e. The van der Waals surface area contributed by atoms with Crippen LogP contribution in [0, 0.1) is 0 Å². The number of hydrogen-bond donors (Lipinski definition) is 1. The van der Waals surface area contributed by atoms with Gasteiger partial charge in [-0.25, -0.2) is 4.79 Å². The monoisotopic (exact) mass is 255 g/mol. The molecule has 0 bridgehead atoms. The highest BCUT2D eigenvalue weighted by Gasteiger charge is 2.25. The van der Waals surface area contributed by atoms with Crippen molar-refractivity contribution in [2.24, 2.45) is 0 Å². The summed E-state index contributed by atoms with van der Waals surface area (Å²) in [5.74, 6) is 0.0255. The molecule has 0 saturated carbocycles. The predicted octanol–water partition coefficient (Wildman–Crippen LogP) is 0.810. The number of hydrogen-bond acceptors (Lipinski definition) is 5. The van der Waals surface area contributed by atoms with Gasteiger partial charge < -0.3 is 10.1 Å². The number of anilines is 1. The minimum absolute atomic E-state index is 0.0450. The Morgan fingerprint density at radius 2 is 2.47 bits per heavy atom. The molecule has 1 amide bonds. The van der Waals surface area contributed by atoms with Gasteiger partial charge in [-0.2, -0.15) is 4.98 Å². The van der Waals surface area contributed by atoms with Crippen molar-refractivity contribution >= 4 is 23.5 Å². The Labute approximate surface area is 102 Å². The van der Waals surface area contributed by atoms with Gasteiger partial charge in [0.05, 0.1) is 6.61 Å². The molecule has 2 heterocycles. The molecule has 0 aromatic carbocycles. The summed E-state index contributed by atoms with van der Waals surface area (Å²) in [5, 5.41) is 2.43. The topological polar surface area (TPSA) is 73.2 Å². The van der Waals surface area contributed by atoms with Gasteiger partial charge in [-0.1, -0.05) is 0 Å². The number of nitrogens with one attached hydrogen (secondary N) is 1. The molecule has 7 heteroatoms. The van der Waals surface area contributed by atoms with Crippen molar-refractivity contribution < 1.29 is 9.53 Å². The first-order valence-corrected chi connectivity index (χ1v) is 6.14. The van der Waals surface area contributed by atoms with E-state index in [1.165, 1.54) is 11.5 Å². The van der Waals surface area contributed by atoms with Crippen LogP contribution in [0.2, 0.25) is 0 Å². The van der Waals surface area contributed by atoms with E-state index < -0.39 is 0 Å². The molecule has 6 nitrogen and oxygen atoms in total. The second kappa shape index (κ2) is 4.89. The molecule has 1 aromatic rings. The lowest BCUT2D eigenvalue weighted by Crippen LogP contribution is -2.26. The quantitative estimate of drug-likeness (QED) is 0.846. The molecule has 2 atom stereocenters. The molecular weight excluding hydrogens is 242 g/mol. The van der Waals surface area contributed by atoms with Gasteiger partial charge in [0.25, 0.3) is 0 Å². The summed E-state index contributed by atoms with van der Waals surface area (Å²) in [4.78, 5) is 26.4. The lowest BCUT2D eigenvalue weighted by Gasteiger charge is -2.11. The number of rotatable bonds is 2. The standard InChI is InChI=1S/C10H13N3O3S/c1-6(14)11-8-3-4-13(10(15)12-8)9-5-16-7(2)17-9/h3-4,7,9H,5H2,1-2H3,(H,11,12,14,15). The van der Waals surface area contributed by atoms with Crippen molar-refractivity contribution in [3.8, 4) is 0 Å². The van der Waals surface area contributed by atoms with Crippen LogP contribution in [0.1, 0.15) is 19.2 Å². The van der Waals surface area contributed by atoms with Crippen LogP contribution >= 0.6 is 11.8 Å². The van der Waals surface area contributed by atoms with Gasteiger partial charge in [-0.05, 0) is 13.0 Å². The second-order valence-corrected chi connectivity index (χ2v) is 5.16. The lowest BCUT2D eigenvalue weighted by molar-refractivity contribution is -0.114. The summed E-state index contributed by atoms with van der Waals surface area (Å²) in [6.45, 7) is 3.80. The van der Waals surface area contributed by atoms with Crippen LogP contribution in [-0.2, 0) is 9.53 Å². The normalized spacial score (nSPS) is 23.6. The van der Waals surface area contributed by atoms with Crippen LogP contribution in [0.3, 0.4) is 0 Å². The maximum Gasteiger partial charge on any atom is 0.350 e. The molecule has 0 spiro atoms. The van der Waals surface area contributed by atoms with Crippen LogP contribution in [0.25, 0.3) is 0 Å². The van der Waals surface area contributed by atoms with Gasteiger partial charge >= 0.3 is 5.69 Å². The van der Waals surface area contributed by atoms with E-state index in [-0.39, 0.29) is 28.2 Å². The third kappa shape index (κ3) is 2.86. The van der Waals surface area contributed by atoms with Crippen LogP contribution in [0.5, 0.6) is 0 Å². The molecule has 0 radical (unpaired) electrons. The molecular formula is C10H13N3O3S. The summed E-state index contributed by atoms with van der Waals surface area (Å²) in [6.07, 6.45) is 1.62. The Hall–Kier alpha value is -1.34. The zero-order valence-electron chi connectivity index (χ0n) is 9.54. The Balaban J connectivity index is 2.20. The predicted molar refractivity (Wildman–Crippen MR) is 64.8 cm³/mol. The van der Waals surface area contributed by atoms with Crippen LogP contribution in [0.4, 0.5) is 5.82 Å². The first kappa shape index (κ1) is 12.1. The van der Waals surface area contributed by atoms with Gasteiger partial charge in [-0.3, -0.25) is 9.36 Å². The van der Waals surface area contributed by atoms with Crippen LogP contribution in [0.15, 0.2) is 17.1 Å². The highest BCUT2D eigenvalue weighted by atomic mass is 32.2. The molecule has 1 fully saturated rings.